The molecule has 0 saturated heterocycles. The van der Waals surface area contributed by atoms with Crippen molar-refractivity contribution in [3.05, 3.63) is 0 Å². The van der Waals surface area contributed by atoms with Gasteiger partial charge in [0.1, 0.15) is 0 Å². The van der Waals surface area contributed by atoms with Gasteiger partial charge in [-0.3, -0.25) is 0 Å². The first-order valence-electron chi connectivity index (χ1n) is 17.2. The Morgan fingerprint density at radius 2 is 0.868 bits per heavy atom. The van der Waals surface area contributed by atoms with E-state index in [1.54, 1.807) is 0 Å². The predicted molar refractivity (Wildman–Crippen MR) is 169 cm³/mol. The predicted octanol–water partition coefficient (Wildman–Crippen LogP) is 11.6. The normalized spacial score (nSPS) is 13.8. The Labute approximate surface area is 240 Å². The summed E-state index contributed by atoms with van der Waals surface area (Å²) in [7, 11) is 0. The van der Waals surface area contributed by atoms with Gasteiger partial charge in [0.15, 0.2) is 0 Å². The molecule has 38 heavy (non-hydrogen) atoms. The van der Waals surface area contributed by atoms with E-state index in [0.717, 1.165) is 19.3 Å². The van der Waals surface area contributed by atoms with Crippen molar-refractivity contribution in [2.75, 3.05) is 0 Å². The monoisotopic (exact) mass is 540 g/mol. The van der Waals surface area contributed by atoms with E-state index in [4.69, 9.17) is 0 Å². The van der Waals surface area contributed by atoms with Crippen LogP contribution in [0, 0.1) is 17.3 Å². The summed E-state index contributed by atoms with van der Waals surface area (Å²) in [5, 5.41) is 12.5. The average molecular weight is 540 g/mol. The quantitative estimate of drug-likeness (QED) is 0.0959. The highest BCUT2D eigenvalue weighted by atomic mass is 16.4. The van der Waals surface area contributed by atoms with E-state index in [9.17, 15) is 9.90 Å². The molecule has 0 aliphatic heterocycles. The summed E-state index contributed by atoms with van der Waals surface area (Å²) in [6, 6.07) is 0. The SMILES string of the molecule is CCCCCCCCCCCCCCCC(C(C)C)C(CC)(CCCCCCCCCCCC)C(=O)[O-].[NH4+]. The summed E-state index contributed by atoms with van der Waals surface area (Å²) < 4.78 is 0. The molecular formula is C35H73NO2. The topological polar surface area (TPSA) is 76.6 Å². The van der Waals surface area contributed by atoms with Gasteiger partial charge in [0, 0.05) is 11.4 Å². The highest BCUT2D eigenvalue weighted by Crippen LogP contribution is 2.44. The second-order valence-electron chi connectivity index (χ2n) is 12.6. The van der Waals surface area contributed by atoms with Crippen LogP contribution in [0.4, 0.5) is 0 Å². The maximum Gasteiger partial charge on any atom is 0.0478 e. The van der Waals surface area contributed by atoms with E-state index in [0.29, 0.717) is 12.3 Å². The molecule has 0 aromatic rings. The lowest BCUT2D eigenvalue weighted by Crippen LogP contribution is -2.48. The third-order valence-corrected chi connectivity index (χ3v) is 9.15. The molecule has 0 aliphatic rings. The Balaban J connectivity index is 0. The molecule has 0 aliphatic carbocycles. The second kappa shape index (κ2) is 28.0. The van der Waals surface area contributed by atoms with Gasteiger partial charge in [-0.15, -0.1) is 0 Å². The fourth-order valence-electron chi connectivity index (χ4n) is 6.58. The van der Waals surface area contributed by atoms with E-state index in [-0.39, 0.29) is 12.1 Å². The molecule has 230 valence electrons. The average Bonchev–Trinajstić information content (AvgIpc) is 2.88. The Bertz CT molecular complexity index is 492. The van der Waals surface area contributed by atoms with Gasteiger partial charge in [-0.05, 0) is 31.1 Å². The molecule has 0 saturated carbocycles. The van der Waals surface area contributed by atoms with Crippen LogP contribution in [0.3, 0.4) is 0 Å². The van der Waals surface area contributed by atoms with E-state index in [1.807, 2.05) is 0 Å². The van der Waals surface area contributed by atoms with Crippen LogP contribution in [0.5, 0.6) is 0 Å². The standard InChI is InChI=1S/C35H70O2.H3N/c1-6-9-11-13-15-17-19-20-21-22-24-26-28-30-33(32(4)5)35(8-3,34(36)37)31-29-27-25-23-18-16-14-12-10-7-2;/h32-33H,6-31H2,1-5H3,(H,36,37);1H3. The van der Waals surface area contributed by atoms with Crippen LogP contribution in [0.15, 0.2) is 0 Å². The molecule has 0 aromatic carbocycles. The fourth-order valence-corrected chi connectivity index (χ4v) is 6.58. The first kappa shape index (κ1) is 39.6. The molecular weight excluding hydrogens is 466 g/mol. The van der Waals surface area contributed by atoms with Crippen molar-refractivity contribution in [1.29, 1.82) is 0 Å². The van der Waals surface area contributed by atoms with Crippen molar-refractivity contribution in [3.8, 4) is 0 Å². The number of unbranched alkanes of at least 4 members (excludes halogenated alkanes) is 21. The van der Waals surface area contributed by atoms with Gasteiger partial charge in [-0.2, -0.15) is 0 Å². The molecule has 0 aromatic heterocycles. The van der Waals surface area contributed by atoms with Gasteiger partial charge in [0.25, 0.3) is 0 Å². The van der Waals surface area contributed by atoms with E-state index >= 15 is 0 Å². The van der Waals surface area contributed by atoms with Crippen LogP contribution in [-0.2, 0) is 4.79 Å². The van der Waals surface area contributed by atoms with Crippen molar-refractivity contribution in [2.45, 2.75) is 202 Å². The maximum atomic E-state index is 12.5. The summed E-state index contributed by atoms with van der Waals surface area (Å²) in [6.45, 7) is 11.1. The van der Waals surface area contributed by atoms with Crippen LogP contribution in [0.1, 0.15) is 202 Å². The van der Waals surface area contributed by atoms with Crippen molar-refractivity contribution in [2.24, 2.45) is 17.3 Å². The molecule has 2 atom stereocenters. The first-order valence-corrected chi connectivity index (χ1v) is 17.2. The molecule has 0 radical (unpaired) electrons. The molecule has 0 spiro atoms. The van der Waals surface area contributed by atoms with Crippen molar-refractivity contribution < 1.29 is 9.90 Å². The minimum atomic E-state index is -0.778. The van der Waals surface area contributed by atoms with Gasteiger partial charge < -0.3 is 16.1 Å². The van der Waals surface area contributed by atoms with Gasteiger partial charge in [-0.1, -0.05) is 182 Å². The zero-order valence-electron chi connectivity index (χ0n) is 27.4. The number of hydrogen-bond donors (Lipinski definition) is 1. The number of aliphatic carboxylic acids is 1. The highest BCUT2D eigenvalue weighted by molar-refractivity contribution is 5.72. The number of rotatable bonds is 29. The Morgan fingerprint density at radius 3 is 1.16 bits per heavy atom. The Morgan fingerprint density at radius 1 is 0.553 bits per heavy atom. The lowest BCUT2D eigenvalue weighted by Gasteiger charge is -2.44. The molecule has 0 fully saturated rings. The zero-order valence-corrected chi connectivity index (χ0v) is 27.4. The molecule has 0 heterocycles. The number of carbonyl (C=O) groups excluding carboxylic acids is 1. The van der Waals surface area contributed by atoms with Crippen LogP contribution in [0.2, 0.25) is 0 Å². The van der Waals surface area contributed by atoms with Crippen molar-refractivity contribution in [1.82, 2.24) is 6.15 Å². The molecule has 0 bridgehead atoms. The molecule has 4 N–H and O–H groups in total. The summed E-state index contributed by atoms with van der Waals surface area (Å²) >= 11 is 0. The fraction of sp³-hybridized carbons (Fsp3) is 0.971. The summed E-state index contributed by atoms with van der Waals surface area (Å²) in [5.74, 6) is -0.133. The van der Waals surface area contributed by atoms with Crippen molar-refractivity contribution in [3.63, 3.8) is 0 Å². The van der Waals surface area contributed by atoms with E-state index < -0.39 is 11.4 Å². The largest absolute Gasteiger partial charge is 0.550 e. The number of carbonyl (C=O) groups is 1. The van der Waals surface area contributed by atoms with E-state index in [2.05, 4.69) is 34.6 Å². The van der Waals surface area contributed by atoms with Crippen LogP contribution in [0.25, 0.3) is 0 Å². The number of hydrogen-bond acceptors (Lipinski definition) is 2. The van der Waals surface area contributed by atoms with Gasteiger partial charge in [0.05, 0.1) is 0 Å². The molecule has 0 amide bonds. The molecule has 2 unspecified atom stereocenters. The second-order valence-corrected chi connectivity index (χ2v) is 12.6. The smallest absolute Gasteiger partial charge is 0.0478 e. The summed E-state index contributed by atoms with van der Waals surface area (Å²) in [6.07, 6.45) is 33.2. The molecule has 3 heteroatoms. The first-order chi connectivity index (χ1) is 18.0. The number of carboxylic acid groups (broad SMARTS) is 1. The third kappa shape index (κ3) is 19.5. The van der Waals surface area contributed by atoms with Crippen LogP contribution >= 0.6 is 0 Å². The lowest BCUT2D eigenvalue weighted by atomic mass is 9.64. The lowest BCUT2D eigenvalue weighted by molar-refractivity contribution is -0.324. The van der Waals surface area contributed by atoms with Gasteiger partial charge in [0.2, 0.25) is 0 Å². The third-order valence-electron chi connectivity index (χ3n) is 9.15. The van der Waals surface area contributed by atoms with Crippen molar-refractivity contribution >= 4 is 5.97 Å². The van der Waals surface area contributed by atoms with Crippen LogP contribution < -0.4 is 11.3 Å². The Kier molecular flexibility index (Phi) is 29.1. The zero-order chi connectivity index (χ0) is 27.6. The number of quaternary nitrogens is 1. The highest BCUT2D eigenvalue weighted by Gasteiger charge is 2.39. The van der Waals surface area contributed by atoms with E-state index in [1.165, 1.54) is 141 Å². The summed E-state index contributed by atoms with van der Waals surface area (Å²) in [4.78, 5) is 12.5. The molecule has 3 nitrogen and oxygen atoms in total. The van der Waals surface area contributed by atoms with Gasteiger partial charge >= 0.3 is 0 Å². The molecule has 0 rings (SSSR count). The van der Waals surface area contributed by atoms with Gasteiger partial charge in [-0.25, -0.2) is 0 Å². The maximum absolute atomic E-state index is 12.5. The summed E-state index contributed by atoms with van der Waals surface area (Å²) in [5.41, 5.74) is -0.633. The van der Waals surface area contributed by atoms with Crippen LogP contribution in [-0.4, -0.2) is 5.97 Å². The minimum Gasteiger partial charge on any atom is -0.550 e. The Hall–Kier alpha value is -0.570. The minimum absolute atomic E-state index is 0. The number of carboxylic acids is 1.